The van der Waals surface area contributed by atoms with Crippen LogP contribution in [0, 0.1) is 6.92 Å². The minimum Gasteiger partial charge on any atom is -0.475 e. The Balaban J connectivity index is 0.000000451. The average molecular weight is 460 g/mol. The van der Waals surface area contributed by atoms with Gasteiger partial charge in [0.1, 0.15) is 11.4 Å². The van der Waals surface area contributed by atoms with Gasteiger partial charge in [0.2, 0.25) is 0 Å². The summed E-state index contributed by atoms with van der Waals surface area (Å²) in [5.74, 6) is -2.69. The molecule has 3 rings (SSSR count). The second-order valence-electron chi connectivity index (χ2n) is 7.07. The van der Waals surface area contributed by atoms with E-state index in [0.29, 0.717) is 38.5 Å². The molecule has 0 aromatic carbocycles. The Morgan fingerprint density at radius 2 is 1.84 bits per heavy atom. The first-order valence-corrected chi connectivity index (χ1v) is 10.2. The number of amides is 1. The van der Waals surface area contributed by atoms with Crippen molar-refractivity contribution >= 4 is 11.9 Å². The first kappa shape index (κ1) is 25.3. The molecule has 0 fully saturated rings. The van der Waals surface area contributed by atoms with E-state index in [1.807, 2.05) is 43.3 Å². The number of halogens is 3. The molecular formula is C19H27F3N6O4. The number of hydrogen-bond donors (Lipinski definition) is 1. The van der Waals surface area contributed by atoms with Crippen LogP contribution in [0.25, 0.3) is 0 Å². The summed E-state index contributed by atoms with van der Waals surface area (Å²) in [6.45, 7) is 11.6. The molecule has 0 saturated heterocycles. The fraction of sp³-hybridized carbons (Fsp3) is 0.632. The zero-order chi connectivity index (χ0) is 24.1. The Bertz CT molecular complexity index is 940. The Labute approximate surface area is 182 Å². The van der Waals surface area contributed by atoms with E-state index in [2.05, 4.69) is 15.4 Å². The normalized spacial score (nSPS) is 15.7. The Hall–Kier alpha value is -2.96. The fourth-order valence-corrected chi connectivity index (χ4v) is 3.41. The van der Waals surface area contributed by atoms with Gasteiger partial charge in [0.05, 0.1) is 24.5 Å². The largest absolute Gasteiger partial charge is 0.490 e. The third-order valence-corrected chi connectivity index (χ3v) is 4.79. The predicted octanol–water partition coefficient (Wildman–Crippen LogP) is 2.23. The molecular weight excluding hydrogens is 433 g/mol. The number of aryl methyl sites for hydroxylation is 3. The minimum atomic E-state index is -5.08. The number of nitrogens with zero attached hydrogens (tertiary/aromatic N) is 6. The number of aromatic nitrogens is 5. The van der Waals surface area contributed by atoms with Gasteiger partial charge >= 0.3 is 12.1 Å². The van der Waals surface area contributed by atoms with Gasteiger partial charge in [-0.1, -0.05) is 5.21 Å². The summed E-state index contributed by atoms with van der Waals surface area (Å²) in [5, 5.41) is 20.0. The van der Waals surface area contributed by atoms with Gasteiger partial charge in [-0.15, -0.1) is 5.10 Å². The molecule has 1 atom stereocenters. The molecule has 0 bridgehead atoms. The summed E-state index contributed by atoms with van der Waals surface area (Å²) in [4.78, 5) is 23.8. The molecule has 0 spiro atoms. The van der Waals surface area contributed by atoms with E-state index < -0.39 is 12.1 Å². The molecule has 32 heavy (non-hydrogen) atoms. The lowest BCUT2D eigenvalue weighted by atomic mass is 9.98. The highest BCUT2D eigenvalue weighted by molar-refractivity contribution is 5.93. The molecule has 2 aromatic heterocycles. The van der Waals surface area contributed by atoms with Crippen LogP contribution < -0.4 is 0 Å². The second-order valence-corrected chi connectivity index (χ2v) is 7.07. The quantitative estimate of drug-likeness (QED) is 0.703. The van der Waals surface area contributed by atoms with Crippen molar-refractivity contribution in [1.29, 1.82) is 0 Å². The van der Waals surface area contributed by atoms with E-state index in [-0.39, 0.29) is 11.8 Å². The number of alkyl halides is 3. The lowest BCUT2D eigenvalue weighted by Crippen LogP contribution is -2.41. The summed E-state index contributed by atoms with van der Waals surface area (Å²) in [6, 6.07) is 1.85. The number of ether oxygens (including phenoxy) is 1. The van der Waals surface area contributed by atoms with E-state index >= 15 is 0 Å². The minimum absolute atomic E-state index is 0.0133. The molecule has 1 N–H and O–H groups in total. The number of aliphatic carboxylic acids is 1. The molecule has 0 aliphatic carbocycles. The molecule has 1 aliphatic heterocycles. The summed E-state index contributed by atoms with van der Waals surface area (Å²) in [7, 11) is 0. The van der Waals surface area contributed by atoms with Gasteiger partial charge in [-0.2, -0.15) is 18.3 Å². The van der Waals surface area contributed by atoms with Gasteiger partial charge in [0.25, 0.3) is 5.91 Å². The highest BCUT2D eigenvalue weighted by atomic mass is 19.4. The summed E-state index contributed by atoms with van der Waals surface area (Å²) in [6.07, 6.45) is -5.08. The standard InChI is InChI=1S/C17H26N6O2.C2HF3O2/c1-5-22-15(8-12(4)19-22)17(24)21-9-13(11-25-7-3)16-14(10-21)18-20-23(16)6-2;3-2(4,5)1(6)7/h8,13H,5-7,9-11H2,1-4H3;(H,6,7). The Morgan fingerprint density at radius 1 is 1.22 bits per heavy atom. The van der Waals surface area contributed by atoms with Crippen molar-refractivity contribution in [2.75, 3.05) is 19.8 Å². The topological polar surface area (TPSA) is 115 Å². The molecule has 1 unspecified atom stereocenters. The summed E-state index contributed by atoms with van der Waals surface area (Å²) in [5.41, 5.74) is 3.44. The van der Waals surface area contributed by atoms with Gasteiger partial charge in [0.15, 0.2) is 0 Å². The highest BCUT2D eigenvalue weighted by Gasteiger charge is 2.38. The SMILES string of the molecule is CCOCC1CN(C(=O)c2cc(C)nn2CC)Cc2nnn(CC)c21.O=C(O)C(F)(F)F. The van der Waals surface area contributed by atoms with Gasteiger partial charge in [0, 0.05) is 32.2 Å². The monoisotopic (exact) mass is 460 g/mol. The molecule has 0 saturated carbocycles. The van der Waals surface area contributed by atoms with Crippen LogP contribution in [0.5, 0.6) is 0 Å². The van der Waals surface area contributed by atoms with E-state index in [1.54, 1.807) is 4.68 Å². The van der Waals surface area contributed by atoms with Gasteiger partial charge in [-0.3, -0.25) is 9.48 Å². The Morgan fingerprint density at radius 3 is 2.38 bits per heavy atom. The van der Waals surface area contributed by atoms with E-state index in [9.17, 15) is 18.0 Å². The molecule has 13 heteroatoms. The van der Waals surface area contributed by atoms with Gasteiger partial charge in [-0.25, -0.2) is 9.48 Å². The second kappa shape index (κ2) is 10.6. The van der Waals surface area contributed by atoms with Crippen LogP contribution >= 0.6 is 0 Å². The molecule has 0 radical (unpaired) electrons. The highest BCUT2D eigenvalue weighted by Crippen LogP contribution is 2.28. The third kappa shape index (κ3) is 5.84. The fourth-order valence-electron chi connectivity index (χ4n) is 3.41. The number of fused-ring (bicyclic) bond motifs is 1. The van der Waals surface area contributed by atoms with E-state index in [0.717, 1.165) is 23.6 Å². The number of carbonyl (C=O) groups is 2. The molecule has 3 heterocycles. The van der Waals surface area contributed by atoms with Crippen molar-refractivity contribution < 1.29 is 32.6 Å². The summed E-state index contributed by atoms with van der Waals surface area (Å²) < 4.78 is 41.1. The van der Waals surface area contributed by atoms with Crippen molar-refractivity contribution in [2.45, 2.75) is 59.4 Å². The molecule has 1 amide bonds. The summed E-state index contributed by atoms with van der Waals surface area (Å²) >= 11 is 0. The van der Waals surface area contributed by atoms with Crippen LogP contribution in [-0.4, -0.2) is 72.6 Å². The smallest absolute Gasteiger partial charge is 0.475 e. The van der Waals surface area contributed by atoms with Crippen LogP contribution in [0.4, 0.5) is 13.2 Å². The predicted molar refractivity (Wildman–Crippen MR) is 106 cm³/mol. The van der Waals surface area contributed by atoms with Crippen molar-refractivity contribution in [1.82, 2.24) is 29.7 Å². The van der Waals surface area contributed by atoms with Crippen molar-refractivity contribution in [3.8, 4) is 0 Å². The maximum absolute atomic E-state index is 13.1. The number of carboxylic acid groups (broad SMARTS) is 1. The van der Waals surface area contributed by atoms with Gasteiger partial charge < -0.3 is 14.7 Å². The molecule has 2 aromatic rings. The zero-order valence-electron chi connectivity index (χ0n) is 18.4. The average Bonchev–Trinajstić information content (AvgIpc) is 3.33. The van der Waals surface area contributed by atoms with Crippen LogP contribution in [0.2, 0.25) is 0 Å². The number of hydrogen-bond acceptors (Lipinski definition) is 6. The number of rotatable bonds is 6. The lowest BCUT2D eigenvalue weighted by Gasteiger charge is -2.32. The van der Waals surface area contributed by atoms with Crippen LogP contribution in [-0.2, 0) is 29.2 Å². The van der Waals surface area contributed by atoms with Crippen molar-refractivity contribution in [2.24, 2.45) is 0 Å². The van der Waals surface area contributed by atoms with Crippen LogP contribution in [0.15, 0.2) is 6.07 Å². The zero-order valence-corrected chi connectivity index (χ0v) is 18.4. The maximum atomic E-state index is 13.1. The van der Waals surface area contributed by atoms with Gasteiger partial charge in [-0.05, 0) is 33.8 Å². The first-order chi connectivity index (χ1) is 15.0. The maximum Gasteiger partial charge on any atom is 0.490 e. The Kier molecular flexibility index (Phi) is 8.36. The van der Waals surface area contributed by atoms with Crippen LogP contribution in [0.3, 0.4) is 0 Å². The first-order valence-electron chi connectivity index (χ1n) is 10.2. The van der Waals surface area contributed by atoms with Crippen LogP contribution in [0.1, 0.15) is 54.3 Å². The van der Waals surface area contributed by atoms with Crippen molar-refractivity contribution in [3.63, 3.8) is 0 Å². The number of carbonyl (C=O) groups excluding carboxylic acids is 1. The third-order valence-electron chi connectivity index (χ3n) is 4.79. The van der Waals surface area contributed by atoms with E-state index in [1.165, 1.54) is 0 Å². The molecule has 178 valence electrons. The molecule has 10 nitrogen and oxygen atoms in total. The number of carboxylic acids is 1. The molecule has 1 aliphatic rings. The lowest BCUT2D eigenvalue weighted by molar-refractivity contribution is -0.192. The van der Waals surface area contributed by atoms with Crippen molar-refractivity contribution in [3.05, 3.63) is 28.8 Å². The van der Waals surface area contributed by atoms with E-state index in [4.69, 9.17) is 14.6 Å².